The molecule has 0 amide bonds. The maximum atomic E-state index is 5.53. The Hall–Kier alpha value is -1.63. The molecule has 1 aliphatic heterocycles. The molecule has 1 aromatic heterocycles. The van der Waals surface area contributed by atoms with E-state index >= 15 is 0 Å². The molecule has 0 bridgehead atoms. The molecule has 0 aliphatic carbocycles. The van der Waals surface area contributed by atoms with Crippen molar-refractivity contribution >= 4 is 11.9 Å². The second-order valence-corrected chi connectivity index (χ2v) is 4.74. The lowest BCUT2D eigenvalue weighted by molar-refractivity contribution is 0.121. The van der Waals surface area contributed by atoms with E-state index in [0.29, 0.717) is 24.5 Å². The van der Waals surface area contributed by atoms with E-state index in [1.165, 1.54) is 0 Å². The molecule has 7 nitrogen and oxygen atoms in total. The number of hydrogen-bond acceptors (Lipinski definition) is 7. The van der Waals surface area contributed by atoms with Gasteiger partial charge in [-0.1, -0.05) is 6.92 Å². The highest BCUT2D eigenvalue weighted by atomic mass is 16.5. The molecular weight excluding hydrogens is 258 g/mol. The summed E-state index contributed by atoms with van der Waals surface area (Å²) in [6, 6.07) is 0.570. The summed E-state index contributed by atoms with van der Waals surface area (Å²) in [5.41, 5.74) is 0. The molecule has 7 heteroatoms. The van der Waals surface area contributed by atoms with Crippen LogP contribution in [-0.2, 0) is 4.74 Å². The average molecular weight is 281 g/mol. The summed E-state index contributed by atoms with van der Waals surface area (Å²) in [6.07, 6.45) is 2.12. The van der Waals surface area contributed by atoms with E-state index in [0.717, 1.165) is 26.0 Å². The Kier molecular flexibility index (Phi) is 5.34. The van der Waals surface area contributed by atoms with Gasteiger partial charge in [-0.05, 0) is 26.7 Å². The number of nitrogens with one attached hydrogen (secondary N) is 2. The van der Waals surface area contributed by atoms with Crippen molar-refractivity contribution in [3.63, 3.8) is 0 Å². The Labute approximate surface area is 119 Å². The van der Waals surface area contributed by atoms with Gasteiger partial charge in [-0.25, -0.2) is 0 Å². The fourth-order valence-electron chi connectivity index (χ4n) is 2.02. The first-order valence-electron chi connectivity index (χ1n) is 7.23. The highest BCUT2D eigenvalue weighted by Crippen LogP contribution is 2.18. The number of rotatable bonds is 7. The SMILES string of the molecule is CCCNc1nc(NC2CCOC2C)nc(OCC)n1. The van der Waals surface area contributed by atoms with Crippen molar-refractivity contribution in [2.75, 3.05) is 30.4 Å². The quantitative estimate of drug-likeness (QED) is 0.787. The zero-order chi connectivity index (χ0) is 14.4. The lowest BCUT2D eigenvalue weighted by Gasteiger charge is -2.16. The molecule has 0 saturated carbocycles. The summed E-state index contributed by atoms with van der Waals surface area (Å²) in [4.78, 5) is 12.9. The Bertz CT molecular complexity index is 429. The number of nitrogens with zero attached hydrogens (tertiary/aromatic N) is 3. The van der Waals surface area contributed by atoms with Crippen molar-refractivity contribution < 1.29 is 9.47 Å². The van der Waals surface area contributed by atoms with Crippen LogP contribution in [0.2, 0.25) is 0 Å². The third kappa shape index (κ3) is 3.93. The molecule has 112 valence electrons. The summed E-state index contributed by atoms with van der Waals surface area (Å²) in [6.45, 7) is 8.16. The largest absolute Gasteiger partial charge is 0.464 e. The lowest BCUT2D eigenvalue weighted by Crippen LogP contribution is -2.28. The van der Waals surface area contributed by atoms with E-state index in [-0.39, 0.29) is 12.1 Å². The van der Waals surface area contributed by atoms with Crippen LogP contribution >= 0.6 is 0 Å². The van der Waals surface area contributed by atoms with Crippen molar-refractivity contribution in [3.05, 3.63) is 0 Å². The van der Waals surface area contributed by atoms with Crippen LogP contribution in [0.3, 0.4) is 0 Å². The first-order chi connectivity index (χ1) is 9.72. The van der Waals surface area contributed by atoms with E-state index in [1.54, 1.807) is 0 Å². The Morgan fingerprint density at radius 3 is 2.70 bits per heavy atom. The van der Waals surface area contributed by atoms with Crippen LogP contribution in [0.15, 0.2) is 0 Å². The highest BCUT2D eigenvalue weighted by Gasteiger charge is 2.25. The molecular formula is C13H23N5O2. The van der Waals surface area contributed by atoms with Gasteiger partial charge in [-0.15, -0.1) is 0 Å². The molecule has 0 spiro atoms. The van der Waals surface area contributed by atoms with Crippen molar-refractivity contribution in [2.24, 2.45) is 0 Å². The van der Waals surface area contributed by atoms with Gasteiger partial charge in [0.15, 0.2) is 0 Å². The van der Waals surface area contributed by atoms with Gasteiger partial charge >= 0.3 is 6.01 Å². The zero-order valence-corrected chi connectivity index (χ0v) is 12.3. The summed E-state index contributed by atoms with van der Waals surface area (Å²) in [5, 5.41) is 6.46. The number of hydrogen-bond donors (Lipinski definition) is 2. The van der Waals surface area contributed by atoms with Gasteiger partial charge in [0.2, 0.25) is 11.9 Å². The molecule has 2 unspecified atom stereocenters. The predicted molar refractivity (Wildman–Crippen MR) is 77.2 cm³/mol. The van der Waals surface area contributed by atoms with E-state index in [9.17, 15) is 0 Å². The predicted octanol–water partition coefficient (Wildman–Crippen LogP) is 1.68. The Morgan fingerprint density at radius 1 is 1.25 bits per heavy atom. The minimum absolute atomic E-state index is 0.161. The second kappa shape index (κ2) is 7.23. The van der Waals surface area contributed by atoms with Crippen LogP contribution in [0.4, 0.5) is 11.9 Å². The van der Waals surface area contributed by atoms with Crippen LogP contribution < -0.4 is 15.4 Å². The van der Waals surface area contributed by atoms with Crippen molar-refractivity contribution in [1.29, 1.82) is 0 Å². The fraction of sp³-hybridized carbons (Fsp3) is 0.769. The van der Waals surface area contributed by atoms with Crippen LogP contribution in [0, 0.1) is 0 Å². The van der Waals surface area contributed by atoms with Crippen molar-refractivity contribution in [2.45, 2.75) is 45.8 Å². The van der Waals surface area contributed by atoms with Gasteiger partial charge in [-0.2, -0.15) is 15.0 Å². The first-order valence-corrected chi connectivity index (χ1v) is 7.23. The number of anilines is 2. The average Bonchev–Trinajstić information content (AvgIpc) is 2.82. The minimum Gasteiger partial charge on any atom is -0.464 e. The maximum absolute atomic E-state index is 5.53. The summed E-state index contributed by atoms with van der Waals surface area (Å²) < 4.78 is 10.9. The van der Waals surface area contributed by atoms with Crippen molar-refractivity contribution in [1.82, 2.24) is 15.0 Å². The molecule has 2 N–H and O–H groups in total. The minimum atomic E-state index is 0.161. The number of aromatic nitrogens is 3. The van der Waals surface area contributed by atoms with Gasteiger partial charge < -0.3 is 20.1 Å². The van der Waals surface area contributed by atoms with Crippen molar-refractivity contribution in [3.8, 4) is 6.01 Å². The molecule has 2 heterocycles. The van der Waals surface area contributed by atoms with Gasteiger partial charge in [0.25, 0.3) is 0 Å². The van der Waals surface area contributed by atoms with E-state index < -0.39 is 0 Å². The standard InChI is InChI=1S/C13H23N5O2/c1-4-7-14-11-16-12(18-13(17-11)19-5-2)15-10-6-8-20-9(10)3/h9-10H,4-8H2,1-3H3,(H2,14,15,16,17,18). The summed E-state index contributed by atoms with van der Waals surface area (Å²) in [5.74, 6) is 1.07. The smallest absolute Gasteiger partial charge is 0.323 e. The van der Waals surface area contributed by atoms with Crippen LogP contribution in [0.5, 0.6) is 6.01 Å². The maximum Gasteiger partial charge on any atom is 0.323 e. The fourth-order valence-corrected chi connectivity index (χ4v) is 2.02. The molecule has 1 aliphatic rings. The van der Waals surface area contributed by atoms with Gasteiger partial charge in [0.1, 0.15) is 0 Å². The van der Waals surface area contributed by atoms with Gasteiger partial charge in [0.05, 0.1) is 18.8 Å². The monoisotopic (exact) mass is 281 g/mol. The third-order valence-corrected chi connectivity index (χ3v) is 3.11. The molecule has 2 atom stereocenters. The molecule has 20 heavy (non-hydrogen) atoms. The summed E-state index contributed by atoms with van der Waals surface area (Å²) in [7, 11) is 0. The molecule has 2 rings (SSSR count). The molecule has 1 fully saturated rings. The zero-order valence-electron chi connectivity index (χ0n) is 12.3. The third-order valence-electron chi connectivity index (χ3n) is 3.11. The Morgan fingerprint density at radius 2 is 2.05 bits per heavy atom. The summed E-state index contributed by atoms with van der Waals surface area (Å²) >= 11 is 0. The molecule has 0 radical (unpaired) electrons. The number of ether oxygens (including phenoxy) is 2. The van der Waals surface area contributed by atoms with Crippen LogP contribution in [-0.4, -0.2) is 46.9 Å². The van der Waals surface area contributed by atoms with E-state index in [2.05, 4.69) is 32.5 Å². The van der Waals surface area contributed by atoms with Gasteiger partial charge in [0, 0.05) is 13.2 Å². The molecule has 1 saturated heterocycles. The van der Waals surface area contributed by atoms with Crippen LogP contribution in [0.1, 0.15) is 33.6 Å². The van der Waals surface area contributed by atoms with Gasteiger partial charge in [-0.3, -0.25) is 0 Å². The molecule has 0 aromatic carbocycles. The van der Waals surface area contributed by atoms with Crippen LogP contribution in [0.25, 0.3) is 0 Å². The normalized spacial score (nSPS) is 21.8. The topological polar surface area (TPSA) is 81.2 Å². The van der Waals surface area contributed by atoms with E-state index in [1.807, 2.05) is 13.8 Å². The highest BCUT2D eigenvalue weighted by molar-refractivity contribution is 5.37. The first kappa shape index (κ1) is 14.8. The molecule has 1 aromatic rings. The Balaban J connectivity index is 2.10. The lowest BCUT2D eigenvalue weighted by atomic mass is 10.2. The van der Waals surface area contributed by atoms with E-state index in [4.69, 9.17) is 9.47 Å². The second-order valence-electron chi connectivity index (χ2n) is 4.74.